The van der Waals surface area contributed by atoms with Crippen molar-refractivity contribution in [1.82, 2.24) is 4.98 Å². The van der Waals surface area contributed by atoms with Crippen molar-refractivity contribution in [3.63, 3.8) is 0 Å². The van der Waals surface area contributed by atoms with Crippen LogP contribution in [0.1, 0.15) is 33.3 Å². The van der Waals surface area contributed by atoms with Crippen molar-refractivity contribution in [3.8, 4) is 0 Å². The Morgan fingerprint density at radius 2 is 1.94 bits per heavy atom. The Balaban J connectivity index is 2.84. The number of rotatable bonds is 5. The Morgan fingerprint density at radius 1 is 1.25 bits per heavy atom. The first-order chi connectivity index (χ1) is 7.54. The molecule has 0 aromatic carbocycles. The minimum Gasteiger partial charge on any atom is -0.392 e. The minimum absolute atomic E-state index is 0.0547. The molecule has 0 fully saturated rings. The van der Waals surface area contributed by atoms with Crippen LogP contribution in [-0.4, -0.2) is 22.7 Å². The summed E-state index contributed by atoms with van der Waals surface area (Å²) in [4.78, 5) is 6.67. The van der Waals surface area contributed by atoms with E-state index in [1.165, 1.54) is 0 Å². The fourth-order valence-corrected chi connectivity index (χ4v) is 1.64. The maximum absolute atomic E-state index is 8.97. The molecule has 0 amide bonds. The van der Waals surface area contributed by atoms with Crippen LogP contribution in [-0.2, 0) is 6.61 Å². The summed E-state index contributed by atoms with van der Waals surface area (Å²) in [6, 6.07) is 4.35. The van der Waals surface area contributed by atoms with Crippen LogP contribution >= 0.6 is 0 Å². The van der Waals surface area contributed by atoms with Crippen LogP contribution in [0.5, 0.6) is 0 Å². The highest BCUT2D eigenvalue weighted by Gasteiger charge is 2.12. The molecule has 3 nitrogen and oxygen atoms in total. The third-order valence-corrected chi connectivity index (χ3v) is 2.47. The molecule has 90 valence electrons. The van der Waals surface area contributed by atoms with Crippen LogP contribution in [0.25, 0.3) is 0 Å². The average Bonchev–Trinajstić information content (AvgIpc) is 2.25. The second-order valence-electron chi connectivity index (χ2n) is 4.82. The fourth-order valence-electron chi connectivity index (χ4n) is 1.64. The molecular formula is C13H22N2O. The monoisotopic (exact) mass is 222 g/mol. The van der Waals surface area contributed by atoms with Crippen LogP contribution in [0.2, 0.25) is 0 Å². The highest BCUT2D eigenvalue weighted by atomic mass is 16.3. The van der Waals surface area contributed by atoms with Crippen molar-refractivity contribution < 1.29 is 5.11 Å². The summed E-state index contributed by atoms with van der Waals surface area (Å²) < 4.78 is 0. The van der Waals surface area contributed by atoms with Gasteiger partial charge in [-0.05, 0) is 31.4 Å². The number of aromatic nitrogens is 1. The van der Waals surface area contributed by atoms with E-state index in [4.69, 9.17) is 5.11 Å². The summed E-state index contributed by atoms with van der Waals surface area (Å²) in [6.07, 6.45) is 1.74. The van der Waals surface area contributed by atoms with Crippen molar-refractivity contribution >= 4 is 5.82 Å². The van der Waals surface area contributed by atoms with Crippen molar-refractivity contribution in [2.24, 2.45) is 5.92 Å². The van der Waals surface area contributed by atoms with Crippen LogP contribution in [0.3, 0.4) is 0 Å². The average molecular weight is 222 g/mol. The molecule has 1 aromatic heterocycles. The molecule has 1 aromatic rings. The van der Waals surface area contributed by atoms with Gasteiger partial charge in [0, 0.05) is 18.8 Å². The SMILES string of the molecule is CC(C)CN(c1ccc(CO)cn1)C(C)C. The molecule has 0 aliphatic carbocycles. The highest BCUT2D eigenvalue weighted by molar-refractivity contribution is 5.40. The first-order valence-electron chi connectivity index (χ1n) is 5.87. The van der Waals surface area contributed by atoms with E-state index in [1.54, 1.807) is 6.20 Å². The zero-order valence-electron chi connectivity index (χ0n) is 10.6. The van der Waals surface area contributed by atoms with Gasteiger partial charge in [0.2, 0.25) is 0 Å². The summed E-state index contributed by atoms with van der Waals surface area (Å²) in [5.74, 6) is 1.60. The number of aliphatic hydroxyl groups excluding tert-OH is 1. The molecule has 0 unspecified atom stereocenters. The zero-order chi connectivity index (χ0) is 12.1. The van der Waals surface area contributed by atoms with Crippen molar-refractivity contribution in [2.75, 3.05) is 11.4 Å². The molecule has 0 aliphatic rings. The number of anilines is 1. The van der Waals surface area contributed by atoms with Gasteiger partial charge in [-0.2, -0.15) is 0 Å². The molecule has 0 aliphatic heterocycles. The summed E-state index contributed by atoms with van der Waals surface area (Å²) in [6.45, 7) is 9.81. The van der Waals surface area contributed by atoms with Crippen molar-refractivity contribution in [3.05, 3.63) is 23.9 Å². The second kappa shape index (κ2) is 5.85. The van der Waals surface area contributed by atoms with Gasteiger partial charge < -0.3 is 10.0 Å². The van der Waals surface area contributed by atoms with E-state index < -0.39 is 0 Å². The van der Waals surface area contributed by atoms with Gasteiger partial charge in [0.1, 0.15) is 5.82 Å². The quantitative estimate of drug-likeness (QED) is 0.831. The van der Waals surface area contributed by atoms with Crippen LogP contribution < -0.4 is 4.90 Å². The standard InChI is InChI=1S/C13H22N2O/c1-10(2)8-15(11(3)4)13-6-5-12(9-16)7-14-13/h5-7,10-11,16H,8-9H2,1-4H3. The summed E-state index contributed by atoms with van der Waals surface area (Å²) in [5.41, 5.74) is 0.858. The molecule has 0 saturated carbocycles. The van der Waals surface area contributed by atoms with E-state index in [0.29, 0.717) is 12.0 Å². The summed E-state index contributed by atoms with van der Waals surface area (Å²) in [5, 5.41) is 8.97. The van der Waals surface area contributed by atoms with Gasteiger partial charge in [-0.3, -0.25) is 0 Å². The molecule has 1 N–H and O–H groups in total. The topological polar surface area (TPSA) is 36.4 Å². The van der Waals surface area contributed by atoms with E-state index in [2.05, 4.69) is 37.6 Å². The Bertz CT molecular complexity index is 306. The third-order valence-electron chi connectivity index (χ3n) is 2.47. The van der Waals surface area contributed by atoms with Gasteiger partial charge >= 0.3 is 0 Å². The Labute approximate surface area is 98.1 Å². The van der Waals surface area contributed by atoms with Crippen LogP contribution in [0.4, 0.5) is 5.82 Å². The third kappa shape index (κ3) is 3.49. The predicted octanol–water partition coefficient (Wildman–Crippen LogP) is 2.44. The maximum atomic E-state index is 8.97. The number of hydrogen-bond donors (Lipinski definition) is 1. The smallest absolute Gasteiger partial charge is 0.128 e. The molecule has 1 heterocycles. The lowest BCUT2D eigenvalue weighted by Gasteiger charge is -2.29. The summed E-state index contributed by atoms with van der Waals surface area (Å²) in [7, 11) is 0. The number of nitrogens with zero attached hydrogens (tertiary/aromatic N) is 2. The van der Waals surface area contributed by atoms with Crippen molar-refractivity contribution in [1.29, 1.82) is 0 Å². The van der Waals surface area contributed by atoms with Gasteiger partial charge in [-0.15, -0.1) is 0 Å². The fraction of sp³-hybridized carbons (Fsp3) is 0.615. The highest BCUT2D eigenvalue weighted by Crippen LogP contribution is 2.16. The van der Waals surface area contributed by atoms with Gasteiger partial charge in [-0.25, -0.2) is 4.98 Å². The largest absolute Gasteiger partial charge is 0.392 e. The minimum atomic E-state index is 0.0547. The van der Waals surface area contributed by atoms with Gasteiger partial charge in [-0.1, -0.05) is 19.9 Å². The van der Waals surface area contributed by atoms with E-state index >= 15 is 0 Å². The lowest BCUT2D eigenvalue weighted by Crippen LogP contribution is -2.34. The van der Waals surface area contributed by atoms with E-state index in [0.717, 1.165) is 17.9 Å². The van der Waals surface area contributed by atoms with Crippen molar-refractivity contribution in [2.45, 2.75) is 40.3 Å². The van der Waals surface area contributed by atoms with Crippen LogP contribution in [0, 0.1) is 5.92 Å². The molecule has 0 atom stereocenters. The Kier molecular flexibility index (Phi) is 4.74. The molecule has 0 saturated heterocycles. The molecule has 16 heavy (non-hydrogen) atoms. The van der Waals surface area contributed by atoms with Gasteiger partial charge in [0.05, 0.1) is 6.61 Å². The van der Waals surface area contributed by atoms with E-state index in [1.807, 2.05) is 12.1 Å². The first kappa shape index (κ1) is 13.0. The lowest BCUT2D eigenvalue weighted by atomic mass is 10.1. The van der Waals surface area contributed by atoms with Gasteiger partial charge in [0.25, 0.3) is 0 Å². The van der Waals surface area contributed by atoms with Crippen LogP contribution in [0.15, 0.2) is 18.3 Å². The molecule has 1 rings (SSSR count). The number of hydrogen-bond acceptors (Lipinski definition) is 3. The Morgan fingerprint density at radius 3 is 2.31 bits per heavy atom. The second-order valence-corrected chi connectivity index (χ2v) is 4.82. The number of aliphatic hydroxyl groups is 1. The predicted molar refractivity (Wildman–Crippen MR) is 67.5 cm³/mol. The first-order valence-corrected chi connectivity index (χ1v) is 5.87. The molecule has 3 heteroatoms. The lowest BCUT2D eigenvalue weighted by molar-refractivity contribution is 0.281. The van der Waals surface area contributed by atoms with E-state index in [-0.39, 0.29) is 6.61 Å². The maximum Gasteiger partial charge on any atom is 0.128 e. The zero-order valence-corrected chi connectivity index (χ0v) is 10.6. The van der Waals surface area contributed by atoms with E-state index in [9.17, 15) is 0 Å². The number of pyridine rings is 1. The molecular weight excluding hydrogens is 200 g/mol. The molecule has 0 spiro atoms. The molecule has 0 radical (unpaired) electrons. The molecule has 0 bridgehead atoms. The van der Waals surface area contributed by atoms with Gasteiger partial charge in [0.15, 0.2) is 0 Å². The normalized spacial score (nSPS) is 11.2. The summed E-state index contributed by atoms with van der Waals surface area (Å²) >= 11 is 0. The Hall–Kier alpha value is -1.09.